The topological polar surface area (TPSA) is 82.3 Å². The number of amides is 2. The summed E-state index contributed by atoms with van der Waals surface area (Å²) >= 11 is 0. The van der Waals surface area contributed by atoms with Crippen LogP contribution in [0.1, 0.15) is 26.7 Å². The zero-order valence-electron chi connectivity index (χ0n) is 12.0. The maximum atomic E-state index is 12.0. The number of hydrogen-bond acceptors (Lipinski definition) is 4. The zero-order valence-corrected chi connectivity index (χ0v) is 12.0. The van der Waals surface area contributed by atoms with Crippen LogP contribution in [0.2, 0.25) is 0 Å². The van der Waals surface area contributed by atoms with Gasteiger partial charge in [-0.2, -0.15) is 0 Å². The summed E-state index contributed by atoms with van der Waals surface area (Å²) in [7, 11) is 0. The second kappa shape index (κ2) is 8.12. The Balaban J connectivity index is 2.51. The maximum Gasteiger partial charge on any atom is 0.235 e. The molecule has 1 saturated heterocycles. The van der Waals surface area contributed by atoms with Gasteiger partial charge in [-0.3, -0.25) is 9.59 Å². The number of carbonyl (C=O) groups excluding carboxylic acids is 2. The Hall–Kier alpha value is -1.14. The van der Waals surface area contributed by atoms with Crippen molar-refractivity contribution in [2.45, 2.75) is 26.7 Å². The number of nitrogens with one attached hydrogen (secondary N) is 4. The normalized spacial score (nSPS) is 23.7. The van der Waals surface area contributed by atoms with Crippen LogP contribution in [0.5, 0.6) is 0 Å². The maximum absolute atomic E-state index is 12.0. The summed E-state index contributed by atoms with van der Waals surface area (Å²) < 4.78 is 0. The molecule has 1 fully saturated rings. The van der Waals surface area contributed by atoms with Crippen molar-refractivity contribution in [1.29, 1.82) is 0 Å². The SMILES string of the molecule is CC1(C)C(=O)NCCCNCCNCCCNC1=O. The second-order valence-corrected chi connectivity index (χ2v) is 5.34. The average molecular weight is 270 g/mol. The zero-order chi connectivity index (χ0) is 14.1. The van der Waals surface area contributed by atoms with Gasteiger partial charge in [0, 0.05) is 26.2 Å². The molecule has 6 nitrogen and oxygen atoms in total. The van der Waals surface area contributed by atoms with Gasteiger partial charge in [-0.25, -0.2) is 0 Å². The van der Waals surface area contributed by atoms with Crippen LogP contribution < -0.4 is 21.3 Å². The molecule has 0 aromatic heterocycles. The fourth-order valence-electron chi connectivity index (χ4n) is 1.80. The van der Waals surface area contributed by atoms with Crippen LogP contribution >= 0.6 is 0 Å². The molecule has 4 N–H and O–H groups in total. The van der Waals surface area contributed by atoms with Gasteiger partial charge < -0.3 is 21.3 Å². The summed E-state index contributed by atoms with van der Waals surface area (Å²) in [6.07, 6.45) is 1.73. The molecule has 0 unspecified atom stereocenters. The highest BCUT2D eigenvalue weighted by Crippen LogP contribution is 2.15. The lowest BCUT2D eigenvalue weighted by Gasteiger charge is -2.22. The minimum Gasteiger partial charge on any atom is -0.355 e. The molecule has 0 atom stereocenters. The lowest BCUT2D eigenvalue weighted by atomic mass is 9.91. The van der Waals surface area contributed by atoms with E-state index in [9.17, 15) is 9.59 Å². The molecule has 1 heterocycles. The summed E-state index contributed by atoms with van der Waals surface area (Å²) in [5.74, 6) is -0.420. The largest absolute Gasteiger partial charge is 0.355 e. The first kappa shape index (κ1) is 15.9. The summed E-state index contributed by atoms with van der Waals surface area (Å²) in [5, 5.41) is 12.2. The van der Waals surface area contributed by atoms with Gasteiger partial charge in [-0.15, -0.1) is 0 Å². The van der Waals surface area contributed by atoms with E-state index in [0.717, 1.165) is 39.0 Å². The quantitative estimate of drug-likeness (QED) is 0.435. The van der Waals surface area contributed by atoms with Crippen LogP contribution in [-0.4, -0.2) is 51.1 Å². The highest BCUT2D eigenvalue weighted by molar-refractivity contribution is 6.04. The Morgan fingerprint density at radius 3 is 1.58 bits per heavy atom. The van der Waals surface area contributed by atoms with Crippen molar-refractivity contribution in [1.82, 2.24) is 21.3 Å². The molecule has 0 aromatic rings. The van der Waals surface area contributed by atoms with Crippen LogP contribution in [0.25, 0.3) is 0 Å². The Bertz CT molecular complexity index is 277. The lowest BCUT2D eigenvalue weighted by Crippen LogP contribution is -2.48. The van der Waals surface area contributed by atoms with Crippen molar-refractivity contribution in [2.75, 3.05) is 39.3 Å². The smallest absolute Gasteiger partial charge is 0.235 e. The molecule has 0 aliphatic carbocycles. The fourth-order valence-corrected chi connectivity index (χ4v) is 1.80. The summed E-state index contributed by atoms with van der Waals surface area (Å²) in [4.78, 5) is 24.0. The molecule has 110 valence electrons. The third-order valence-electron chi connectivity index (χ3n) is 3.25. The van der Waals surface area contributed by atoms with E-state index in [4.69, 9.17) is 0 Å². The first-order valence-corrected chi connectivity index (χ1v) is 7.03. The standard InChI is InChI=1S/C13H26N4O2/c1-13(2)11(18)16-7-3-5-14-9-10-15-6-4-8-17-12(13)19/h14-15H,3-10H2,1-2H3,(H,16,18)(H,17,19). The molecule has 1 rings (SSSR count). The Labute approximate surface area is 115 Å². The highest BCUT2D eigenvalue weighted by Gasteiger charge is 2.35. The van der Waals surface area contributed by atoms with Crippen LogP contribution in [0.15, 0.2) is 0 Å². The van der Waals surface area contributed by atoms with Gasteiger partial charge in [-0.05, 0) is 39.8 Å². The van der Waals surface area contributed by atoms with E-state index >= 15 is 0 Å². The lowest BCUT2D eigenvalue weighted by molar-refractivity contribution is -0.141. The van der Waals surface area contributed by atoms with E-state index < -0.39 is 5.41 Å². The summed E-state index contributed by atoms with van der Waals surface area (Å²) in [6.45, 7) is 8.09. The molecule has 1 aliphatic heterocycles. The van der Waals surface area contributed by atoms with Crippen LogP contribution in [0, 0.1) is 5.41 Å². The molecule has 0 spiro atoms. The van der Waals surface area contributed by atoms with Crippen molar-refractivity contribution in [3.05, 3.63) is 0 Å². The average Bonchev–Trinajstić information content (AvgIpc) is 2.38. The van der Waals surface area contributed by atoms with Crippen LogP contribution in [0.4, 0.5) is 0 Å². The minimum absolute atomic E-state index is 0.210. The Morgan fingerprint density at radius 2 is 1.16 bits per heavy atom. The molecule has 0 bridgehead atoms. The molecular weight excluding hydrogens is 244 g/mol. The fraction of sp³-hybridized carbons (Fsp3) is 0.846. The first-order chi connectivity index (χ1) is 9.05. The van der Waals surface area contributed by atoms with Gasteiger partial charge in [0.2, 0.25) is 11.8 Å². The van der Waals surface area contributed by atoms with Gasteiger partial charge in [0.15, 0.2) is 0 Å². The van der Waals surface area contributed by atoms with Crippen molar-refractivity contribution < 1.29 is 9.59 Å². The molecule has 0 radical (unpaired) electrons. The molecule has 1 aliphatic rings. The Morgan fingerprint density at radius 1 is 0.737 bits per heavy atom. The van der Waals surface area contributed by atoms with Crippen molar-refractivity contribution in [2.24, 2.45) is 5.41 Å². The van der Waals surface area contributed by atoms with E-state index in [-0.39, 0.29) is 11.8 Å². The predicted molar refractivity (Wildman–Crippen MR) is 74.8 cm³/mol. The molecule has 0 aromatic carbocycles. The number of rotatable bonds is 0. The summed E-state index contributed by atoms with van der Waals surface area (Å²) in [5.41, 5.74) is -1.01. The van der Waals surface area contributed by atoms with Crippen molar-refractivity contribution in [3.8, 4) is 0 Å². The van der Waals surface area contributed by atoms with E-state index in [1.165, 1.54) is 0 Å². The molecule has 2 amide bonds. The Kier molecular flexibility index (Phi) is 6.80. The van der Waals surface area contributed by atoms with Crippen LogP contribution in [-0.2, 0) is 9.59 Å². The third kappa shape index (κ3) is 5.57. The van der Waals surface area contributed by atoms with E-state index in [0.29, 0.717) is 13.1 Å². The number of hydrogen-bond donors (Lipinski definition) is 4. The van der Waals surface area contributed by atoms with Gasteiger partial charge in [-0.1, -0.05) is 0 Å². The highest BCUT2D eigenvalue weighted by atomic mass is 16.2. The van der Waals surface area contributed by atoms with E-state index in [1.54, 1.807) is 13.8 Å². The van der Waals surface area contributed by atoms with Crippen molar-refractivity contribution in [3.63, 3.8) is 0 Å². The second-order valence-electron chi connectivity index (χ2n) is 5.34. The van der Waals surface area contributed by atoms with Gasteiger partial charge in [0.1, 0.15) is 5.41 Å². The van der Waals surface area contributed by atoms with Gasteiger partial charge in [0.05, 0.1) is 0 Å². The van der Waals surface area contributed by atoms with Gasteiger partial charge in [0.25, 0.3) is 0 Å². The molecule has 0 saturated carbocycles. The number of carbonyl (C=O) groups is 2. The third-order valence-corrected chi connectivity index (χ3v) is 3.25. The van der Waals surface area contributed by atoms with E-state index in [1.807, 2.05) is 0 Å². The summed E-state index contributed by atoms with van der Waals surface area (Å²) in [6, 6.07) is 0. The molecular formula is C13H26N4O2. The molecule has 6 heteroatoms. The van der Waals surface area contributed by atoms with Crippen molar-refractivity contribution >= 4 is 11.8 Å². The van der Waals surface area contributed by atoms with Gasteiger partial charge >= 0.3 is 0 Å². The predicted octanol–water partition coefficient (Wildman–Crippen LogP) is -0.782. The van der Waals surface area contributed by atoms with Crippen LogP contribution in [0.3, 0.4) is 0 Å². The van der Waals surface area contributed by atoms with E-state index in [2.05, 4.69) is 21.3 Å². The monoisotopic (exact) mass is 270 g/mol. The minimum atomic E-state index is -1.01. The first-order valence-electron chi connectivity index (χ1n) is 7.03. The molecule has 19 heavy (non-hydrogen) atoms.